The minimum atomic E-state index is -4.51. The van der Waals surface area contributed by atoms with E-state index in [9.17, 15) is 13.0 Å². The Hall–Kier alpha value is -0.390. The van der Waals surface area contributed by atoms with Crippen molar-refractivity contribution in [3.63, 3.8) is 0 Å². The van der Waals surface area contributed by atoms with Gasteiger partial charge in [0.2, 0.25) is 0 Å². The number of fused-ring (bicyclic) bond motifs is 1. The summed E-state index contributed by atoms with van der Waals surface area (Å²) < 4.78 is 35.3. The van der Waals surface area contributed by atoms with E-state index in [1.54, 1.807) is 6.07 Å². The van der Waals surface area contributed by atoms with Gasteiger partial charge in [0.15, 0.2) is 0 Å². The van der Waals surface area contributed by atoms with Crippen molar-refractivity contribution in [2.75, 3.05) is 0 Å². The van der Waals surface area contributed by atoms with Gasteiger partial charge in [0.1, 0.15) is 10.1 Å². The quantitative estimate of drug-likeness (QED) is 0.623. The van der Waals surface area contributed by atoms with Crippen LogP contribution in [-0.2, 0) is 10.1 Å². The van der Waals surface area contributed by atoms with E-state index in [-0.39, 0.29) is 46.3 Å². The van der Waals surface area contributed by atoms with Crippen LogP contribution in [-0.4, -0.2) is 13.0 Å². The topological polar surface area (TPSA) is 57.2 Å². The fourth-order valence-electron chi connectivity index (χ4n) is 3.15. The first-order valence-electron chi connectivity index (χ1n) is 8.10. The van der Waals surface area contributed by atoms with Crippen LogP contribution >= 0.6 is 0 Å². The predicted octanol–water partition coefficient (Wildman–Crippen LogP) is 2.12. The molecule has 0 aliphatic heterocycles. The van der Waals surface area contributed by atoms with Crippen molar-refractivity contribution in [1.29, 1.82) is 0 Å². The van der Waals surface area contributed by atoms with Crippen molar-refractivity contribution in [1.82, 2.24) is 0 Å². The van der Waals surface area contributed by atoms with E-state index in [2.05, 4.69) is 33.8 Å². The summed E-state index contributed by atoms with van der Waals surface area (Å²) in [6, 6.07) is 7.34. The largest absolute Gasteiger partial charge is 1.00 e. The molecule has 5 heteroatoms. The monoisotopic (exact) mass is 356 g/mol. The molecule has 0 saturated carbocycles. The zero-order chi connectivity index (χ0) is 17.5. The van der Waals surface area contributed by atoms with Gasteiger partial charge >= 0.3 is 29.6 Å². The van der Waals surface area contributed by atoms with E-state index < -0.39 is 10.1 Å². The van der Waals surface area contributed by atoms with E-state index in [0.29, 0.717) is 11.3 Å². The molecule has 24 heavy (non-hydrogen) atoms. The predicted molar refractivity (Wildman–Crippen MR) is 94.2 cm³/mol. The molecule has 2 aromatic rings. The summed E-state index contributed by atoms with van der Waals surface area (Å²) in [4.78, 5) is -0.101. The first-order chi connectivity index (χ1) is 10.5. The summed E-state index contributed by atoms with van der Waals surface area (Å²) in [7, 11) is -4.51. The molecule has 0 fully saturated rings. The second-order valence-corrected chi connectivity index (χ2v) is 8.45. The van der Waals surface area contributed by atoms with Crippen LogP contribution in [0.25, 0.3) is 10.8 Å². The Morgan fingerprint density at radius 1 is 0.833 bits per heavy atom. The SMILES string of the molecule is CC(C)c1cc(S(=O)(=O)[O-])c2ccc(C(C)C)c(C(C)C)c2c1.[Na+]. The standard InChI is InChI=1S/C19H26O3S.Na/c1-11(2)14-9-17-16(18(10-14)23(20,21)22)8-7-15(12(3)4)19(17)13(5)6;/h7-13H,1-6H3,(H,20,21,22);/q;+1/p-1. The van der Waals surface area contributed by atoms with Crippen LogP contribution in [0.5, 0.6) is 0 Å². The fraction of sp³-hybridized carbons (Fsp3) is 0.474. The Morgan fingerprint density at radius 2 is 1.42 bits per heavy atom. The number of rotatable bonds is 4. The van der Waals surface area contributed by atoms with Crippen molar-refractivity contribution in [3.05, 3.63) is 41.0 Å². The second kappa shape index (κ2) is 7.88. The Kier molecular flexibility index (Phi) is 7.11. The molecule has 2 rings (SSSR count). The van der Waals surface area contributed by atoms with Gasteiger partial charge in [0.25, 0.3) is 0 Å². The molecule has 0 unspecified atom stereocenters. The van der Waals surface area contributed by atoms with Gasteiger partial charge in [-0.25, -0.2) is 8.42 Å². The van der Waals surface area contributed by atoms with E-state index >= 15 is 0 Å². The molecule has 0 spiro atoms. The van der Waals surface area contributed by atoms with Crippen LogP contribution in [0.15, 0.2) is 29.2 Å². The van der Waals surface area contributed by atoms with Crippen LogP contribution in [0.3, 0.4) is 0 Å². The summed E-state index contributed by atoms with van der Waals surface area (Å²) in [6.45, 7) is 12.5. The minimum absolute atomic E-state index is 0. The molecule has 0 heterocycles. The van der Waals surface area contributed by atoms with Gasteiger partial charge in [0.05, 0.1) is 4.90 Å². The van der Waals surface area contributed by atoms with Gasteiger partial charge in [-0.15, -0.1) is 0 Å². The van der Waals surface area contributed by atoms with Crippen molar-refractivity contribution in [2.24, 2.45) is 0 Å². The number of benzene rings is 2. The first-order valence-corrected chi connectivity index (χ1v) is 9.51. The van der Waals surface area contributed by atoms with Gasteiger partial charge in [-0.3, -0.25) is 0 Å². The molecule has 0 radical (unpaired) electrons. The summed E-state index contributed by atoms with van der Waals surface area (Å²) in [5.74, 6) is 0.746. The molecule has 0 aromatic heterocycles. The Morgan fingerprint density at radius 3 is 1.83 bits per heavy atom. The molecule has 0 amide bonds. The minimum Gasteiger partial charge on any atom is -0.744 e. The van der Waals surface area contributed by atoms with E-state index in [1.165, 1.54) is 11.6 Å². The third-order valence-electron chi connectivity index (χ3n) is 4.33. The van der Waals surface area contributed by atoms with Crippen LogP contribution < -0.4 is 29.6 Å². The van der Waals surface area contributed by atoms with Crippen molar-refractivity contribution >= 4 is 20.9 Å². The maximum atomic E-state index is 11.8. The molecular formula is C19H25NaO3S. The van der Waals surface area contributed by atoms with Crippen molar-refractivity contribution in [3.8, 4) is 0 Å². The molecule has 126 valence electrons. The van der Waals surface area contributed by atoms with Gasteiger partial charge in [-0.2, -0.15) is 0 Å². The summed E-state index contributed by atoms with van der Waals surface area (Å²) in [5.41, 5.74) is 3.24. The zero-order valence-corrected chi connectivity index (χ0v) is 18.5. The Bertz CT molecular complexity index is 837. The molecule has 0 N–H and O–H groups in total. The average Bonchev–Trinajstić information content (AvgIpc) is 2.42. The Balaban J connectivity index is 0.00000288. The third kappa shape index (κ3) is 4.23. The normalized spacial score (nSPS) is 12.2. The van der Waals surface area contributed by atoms with Crippen molar-refractivity contribution in [2.45, 2.75) is 64.2 Å². The molecule has 0 aliphatic rings. The maximum absolute atomic E-state index is 11.8. The van der Waals surface area contributed by atoms with Gasteiger partial charge < -0.3 is 4.55 Å². The fourth-order valence-corrected chi connectivity index (χ4v) is 3.88. The Labute approximate surface area is 167 Å². The third-order valence-corrected chi connectivity index (χ3v) is 5.21. The van der Waals surface area contributed by atoms with Crippen LogP contribution in [0.2, 0.25) is 0 Å². The van der Waals surface area contributed by atoms with E-state index in [4.69, 9.17) is 0 Å². The molecule has 3 nitrogen and oxygen atoms in total. The van der Waals surface area contributed by atoms with Gasteiger partial charge in [-0.1, -0.05) is 59.7 Å². The summed E-state index contributed by atoms with van der Waals surface area (Å²) in [5, 5.41) is 1.43. The van der Waals surface area contributed by atoms with Gasteiger partial charge in [0, 0.05) is 0 Å². The van der Waals surface area contributed by atoms with Gasteiger partial charge in [-0.05, 0) is 51.3 Å². The molecule has 0 saturated heterocycles. The zero-order valence-electron chi connectivity index (χ0n) is 15.7. The van der Waals surface area contributed by atoms with Crippen LogP contribution in [0.4, 0.5) is 0 Å². The first kappa shape index (κ1) is 21.7. The van der Waals surface area contributed by atoms with E-state index in [1.807, 2.05) is 19.9 Å². The molecule has 0 atom stereocenters. The van der Waals surface area contributed by atoms with Crippen LogP contribution in [0, 0.1) is 0 Å². The molecule has 2 aromatic carbocycles. The maximum Gasteiger partial charge on any atom is 1.00 e. The molecule has 0 aliphatic carbocycles. The number of hydrogen-bond acceptors (Lipinski definition) is 3. The second-order valence-electron chi connectivity index (χ2n) is 7.10. The van der Waals surface area contributed by atoms with Crippen LogP contribution in [0.1, 0.15) is 76.0 Å². The summed E-state index contributed by atoms with van der Waals surface area (Å²) in [6.07, 6.45) is 0. The van der Waals surface area contributed by atoms with Crippen molar-refractivity contribution < 1.29 is 42.5 Å². The summed E-state index contributed by atoms with van der Waals surface area (Å²) >= 11 is 0. The number of hydrogen-bond donors (Lipinski definition) is 0. The van der Waals surface area contributed by atoms with E-state index in [0.717, 1.165) is 16.5 Å². The smallest absolute Gasteiger partial charge is 0.744 e. The molecular weight excluding hydrogens is 331 g/mol. The molecule has 0 bridgehead atoms. The average molecular weight is 356 g/mol.